The normalized spacial score (nSPS) is 19.6. The fourth-order valence-electron chi connectivity index (χ4n) is 3.20. The van der Waals surface area contributed by atoms with E-state index in [4.69, 9.17) is 0 Å². The van der Waals surface area contributed by atoms with Crippen LogP contribution in [0.2, 0.25) is 0 Å². The minimum Gasteiger partial charge on any atom is -0.391 e. The Morgan fingerprint density at radius 3 is 2.74 bits per heavy atom. The molecular weight excluding hydrogens is 376 g/mol. The van der Waals surface area contributed by atoms with E-state index in [1.54, 1.807) is 0 Å². The molecule has 2 rings (SSSR count). The van der Waals surface area contributed by atoms with Crippen LogP contribution in [0.3, 0.4) is 0 Å². The zero-order chi connectivity index (χ0) is 20.0. The topological polar surface area (TPSA) is 81.7 Å². The van der Waals surface area contributed by atoms with Crippen molar-refractivity contribution >= 4 is 15.7 Å². The molecule has 6 nitrogen and oxygen atoms in total. The summed E-state index contributed by atoms with van der Waals surface area (Å²) >= 11 is 0. The number of hydrogen-bond donors (Lipinski definition) is 3. The van der Waals surface area contributed by atoms with Crippen molar-refractivity contribution in [3.63, 3.8) is 0 Å². The molecule has 2 unspecified atom stereocenters. The van der Waals surface area contributed by atoms with Gasteiger partial charge in [0.25, 0.3) is 0 Å². The van der Waals surface area contributed by atoms with Crippen molar-refractivity contribution in [2.24, 2.45) is 5.92 Å². The van der Waals surface area contributed by atoms with Crippen LogP contribution in [-0.4, -0.2) is 63.4 Å². The minimum absolute atomic E-state index is 0.145. The predicted octanol–water partition coefficient (Wildman–Crippen LogP) is 1.97. The maximum atomic E-state index is 14.3. The Hall–Kier alpha value is -1.29. The summed E-state index contributed by atoms with van der Waals surface area (Å²) in [4.78, 5) is 1.70. The number of likely N-dealkylation sites (tertiary alicyclic amines) is 1. The number of halogens is 2. The van der Waals surface area contributed by atoms with Crippen molar-refractivity contribution in [3.8, 4) is 0 Å². The van der Waals surface area contributed by atoms with E-state index in [1.807, 2.05) is 18.7 Å². The van der Waals surface area contributed by atoms with Crippen LogP contribution < -0.4 is 10.0 Å². The van der Waals surface area contributed by atoms with Gasteiger partial charge in [-0.05, 0) is 43.5 Å². The zero-order valence-corrected chi connectivity index (χ0v) is 16.6. The Morgan fingerprint density at radius 1 is 1.37 bits per heavy atom. The average Bonchev–Trinajstić information content (AvgIpc) is 2.99. The van der Waals surface area contributed by atoms with Crippen LogP contribution in [0.4, 0.5) is 14.5 Å². The van der Waals surface area contributed by atoms with Crippen LogP contribution in [0.25, 0.3) is 0 Å². The van der Waals surface area contributed by atoms with Gasteiger partial charge in [0, 0.05) is 25.7 Å². The van der Waals surface area contributed by atoms with Gasteiger partial charge in [-0.1, -0.05) is 13.8 Å². The van der Waals surface area contributed by atoms with E-state index in [0.717, 1.165) is 6.07 Å². The standard InChI is InChI=1S/C18H29F2N3O3S/c1-13(2)9-15(24)11-21-18-4-3-16(10-17(18)20)27(25,26)22-14-5-7-23(12-14)8-6-19/h3-4,10,13-15,21-22,24H,5-9,11-12H2,1-2H3. The monoisotopic (exact) mass is 405 g/mol. The van der Waals surface area contributed by atoms with Crippen molar-refractivity contribution < 1.29 is 22.3 Å². The van der Waals surface area contributed by atoms with Crippen LogP contribution in [0, 0.1) is 11.7 Å². The molecule has 1 saturated heterocycles. The third kappa shape index (κ3) is 6.67. The number of nitrogens with one attached hydrogen (secondary N) is 2. The van der Waals surface area contributed by atoms with Crippen molar-refractivity contribution in [3.05, 3.63) is 24.0 Å². The number of sulfonamides is 1. The summed E-state index contributed by atoms with van der Waals surface area (Å²) in [6.45, 7) is 5.05. The molecule has 0 spiro atoms. The third-order valence-corrected chi connectivity index (χ3v) is 6.04. The Kier molecular flexibility index (Phi) is 7.96. The van der Waals surface area contributed by atoms with Gasteiger partial charge in [0.1, 0.15) is 12.5 Å². The Labute approximate surface area is 160 Å². The van der Waals surface area contributed by atoms with Crippen molar-refractivity contribution in [1.82, 2.24) is 9.62 Å². The van der Waals surface area contributed by atoms with Gasteiger partial charge in [0.2, 0.25) is 10.0 Å². The number of alkyl halides is 1. The summed E-state index contributed by atoms with van der Waals surface area (Å²) in [5.74, 6) is -0.373. The maximum Gasteiger partial charge on any atom is 0.240 e. The molecule has 0 bridgehead atoms. The zero-order valence-electron chi connectivity index (χ0n) is 15.8. The van der Waals surface area contributed by atoms with Crippen molar-refractivity contribution in [1.29, 1.82) is 0 Å². The summed E-state index contributed by atoms with van der Waals surface area (Å²) < 4.78 is 54.2. The molecule has 0 amide bonds. The van der Waals surface area contributed by atoms with Gasteiger partial charge >= 0.3 is 0 Å². The van der Waals surface area contributed by atoms with Crippen LogP contribution in [-0.2, 0) is 10.0 Å². The second-order valence-corrected chi connectivity index (χ2v) is 9.12. The molecule has 1 aromatic rings. The van der Waals surface area contributed by atoms with E-state index in [9.17, 15) is 22.3 Å². The highest BCUT2D eigenvalue weighted by Gasteiger charge is 2.27. The molecule has 3 N–H and O–H groups in total. The van der Waals surface area contributed by atoms with E-state index >= 15 is 0 Å². The summed E-state index contributed by atoms with van der Waals surface area (Å²) in [6.07, 6.45) is 0.574. The smallest absolute Gasteiger partial charge is 0.240 e. The van der Waals surface area contributed by atoms with Crippen LogP contribution in [0.1, 0.15) is 26.7 Å². The number of aliphatic hydroxyl groups excluding tert-OH is 1. The molecule has 2 atom stereocenters. The lowest BCUT2D eigenvalue weighted by atomic mass is 10.1. The lowest BCUT2D eigenvalue weighted by Gasteiger charge is -2.17. The van der Waals surface area contributed by atoms with Gasteiger partial charge in [-0.15, -0.1) is 0 Å². The number of rotatable bonds is 10. The molecule has 1 aliphatic rings. The molecule has 1 fully saturated rings. The molecule has 154 valence electrons. The van der Waals surface area contributed by atoms with Gasteiger partial charge in [-0.2, -0.15) is 0 Å². The first-order valence-corrected chi connectivity index (χ1v) is 10.7. The van der Waals surface area contributed by atoms with E-state index in [2.05, 4.69) is 10.0 Å². The molecule has 9 heteroatoms. The molecule has 1 aromatic carbocycles. The van der Waals surface area contributed by atoms with Crippen LogP contribution in [0.5, 0.6) is 0 Å². The maximum absolute atomic E-state index is 14.3. The molecular formula is C18H29F2N3O3S. The molecule has 27 heavy (non-hydrogen) atoms. The Balaban J connectivity index is 1.97. The summed E-state index contributed by atoms with van der Waals surface area (Å²) in [7, 11) is -3.86. The highest BCUT2D eigenvalue weighted by Crippen LogP contribution is 2.21. The van der Waals surface area contributed by atoms with Crippen LogP contribution in [0.15, 0.2) is 23.1 Å². The first-order valence-electron chi connectivity index (χ1n) is 9.23. The average molecular weight is 406 g/mol. The minimum atomic E-state index is -3.86. The molecule has 0 saturated carbocycles. The van der Waals surface area contributed by atoms with E-state index in [1.165, 1.54) is 12.1 Å². The molecule has 0 radical (unpaired) electrons. The fourth-order valence-corrected chi connectivity index (χ4v) is 4.47. The molecule has 1 heterocycles. The second kappa shape index (κ2) is 9.77. The largest absolute Gasteiger partial charge is 0.391 e. The lowest BCUT2D eigenvalue weighted by Crippen LogP contribution is -2.37. The van der Waals surface area contributed by atoms with E-state index < -0.39 is 28.6 Å². The number of nitrogens with zero attached hydrogens (tertiary/aromatic N) is 1. The SMILES string of the molecule is CC(C)CC(O)CNc1ccc(S(=O)(=O)NC2CCN(CCF)C2)cc1F. The number of hydrogen-bond acceptors (Lipinski definition) is 5. The molecule has 0 aromatic heterocycles. The van der Waals surface area contributed by atoms with Crippen LogP contribution >= 0.6 is 0 Å². The fraction of sp³-hybridized carbons (Fsp3) is 0.667. The summed E-state index contributed by atoms with van der Waals surface area (Å²) in [5.41, 5.74) is 0.145. The summed E-state index contributed by atoms with van der Waals surface area (Å²) in [5, 5.41) is 12.7. The van der Waals surface area contributed by atoms with Gasteiger partial charge in [-0.25, -0.2) is 21.9 Å². The quantitative estimate of drug-likeness (QED) is 0.555. The Bertz CT molecular complexity index is 716. The molecule has 1 aliphatic heterocycles. The first-order chi connectivity index (χ1) is 12.7. The first kappa shape index (κ1) is 22.0. The van der Waals surface area contributed by atoms with E-state index in [-0.39, 0.29) is 29.7 Å². The highest BCUT2D eigenvalue weighted by molar-refractivity contribution is 7.89. The third-order valence-electron chi connectivity index (χ3n) is 4.52. The lowest BCUT2D eigenvalue weighted by molar-refractivity contribution is 0.161. The second-order valence-electron chi connectivity index (χ2n) is 7.40. The Morgan fingerprint density at radius 2 is 2.11 bits per heavy atom. The van der Waals surface area contributed by atoms with Gasteiger partial charge in [-0.3, -0.25) is 4.90 Å². The van der Waals surface area contributed by atoms with Gasteiger partial charge in [0.15, 0.2) is 0 Å². The van der Waals surface area contributed by atoms with Crippen molar-refractivity contribution in [2.45, 2.75) is 43.7 Å². The van der Waals surface area contributed by atoms with E-state index in [0.29, 0.717) is 31.8 Å². The number of benzene rings is 1. The number of aliphatic hydroxyl groups is 1. The highest BCUT2D eigenvalue weighted by atomic mass is 32.2. The van der Waals surface area contributed by atoms with Gasteiger partial charge < -0.3 is 10.4 Å². The van der Waals surface area contributed by atoms with Gasteiger partial charge in [0.05, 0.1) is 16.7 Å². The van der Waals surface area contributed by atoms with Crippen molar-refractivity contribution in [2.75, 3.05) is 38.2 Å². The number of anilines is 1. The molecule has 0 aliphatic carbocycles. The summed E-state index contributed by atoms with van der Waals surface area (Å²) in [6, 6.07) is 3.34. The predicted molar refractivity (Wildman–Crippen MR) is 101 cm³/mol.